The smallest absolute Gasteiger partial charge is 0.412 e. The van der Waals surface area contributed by atoms with Crippen LogP contribution in [0, 0.1) is 0 Å². The maximum atomic E-state index is 11.7. The number of anilines is 1. The Morgan fingerprint density at radius 3 is 2.79 bits per heavy atom. The van der Waals surface area contributed by atoms with Gasteiger partial charge in [-0.25, -0.2) is 9.78 Å². The summed E-state index contributed by atoms with van der Waals surface area (Å²) < 4.78 is 5.21. The van der Waals surface area contributed by atoms with Gasteiger partial charge in [-0.2, -0.15) is 0 Å². The van der Waals surface area contributed by atoms with Crippen LogP contribution in [-0.4, -0.2) is 16.7 Å². The minimum Gasteiger partial charge on any atom is -0.444 e. The molecular weight excluding hydrogens is 260 g/mol. The van der Waals surface area contributed by atoms with Crippen molar-refractivity contribution in [2.24, 2.45) is 0 Å². The van der Waals surface area contributed by atoms with Gasteiger partial charge in [-0.15, -0.1) is 11.3 Å². The first-order chi connectivity index (χ1) is 8.94. The molecule has 100 valence electrons. The molecule has 0 aliphatic carbocycles. The molecule has 19 heavy (non-hydrogen) atoms. The first kappa shape index (κ1) is 13.5. The molecule has 1 aromatic heterocycles. The quantitative estimate of drug-likeness (QED) is 0.896. The summed E-state index contributed by atoms with van der Waals surface area (Å²) in [5, 5.41) is 5.56. The van der Waals surface area contributed by atoms with Gasteiger partial charge in [-0.1, -0.05) is 12.1 Å². The van der Waals surface area contributed by atoms with E-state index in [1.165, 1.54) is 0 Å². The van der Waals surface area contributed by atoms with Gasteiger partial charge < -0.3 is 4.74 Å². The standard InChI is InChI=1S/C14H16N2O2S/c1-14(2,3)18-13(17)16-11-6-4-5-10(9-11)12-15-7-8-19-12/h4-9H,1-3H3,(H,16,17). The van der Waals surface area contributed by atoms with Crippen LogP contribution in [0.3, 0.4) is 0 Å². The zero-order chi connectivity index (χ0) is 13.9. The number of ether oxygens (including phenoxy) is 1. The number of nitrogens with zero attached hydrogens (tertiary/aromatic N) is 1. The number of aromatic nitrogens is 1. The Labute approximate surface area is 116 Å². The summed E-state index contributed by atoms with van der Waals surface area (Å²) in [6.45, 7) is 5.50. The van der Waals surface area contributed by atoms with E-state index in [4.69, 9.17) is 4.74 Å². The van der Waals surface area contributed by atoms with Crippen molar-refractivity contribution in [2.45, 2.75) is 26.4 Å². The summed E-state index contributed by atoms with van der Waals surface area (Å²) in [4.78, 5) is 15.9. The Bertz CT molecular complexity index is 559. The molecular formula is C14H16N2O2S. The number of amides is 1. The monoisotopic (exact) mass is 276 g/mol. The number of carbonyl (C=O) groups is 1. The van der Waals surface area contributed by atoms with Gasteiger partial charge in [0.1, 0.15) is 10.6 Å². The molecule has 1 heterocycles. The van der Waals surface area contributed by atoms with E-state index in [1.807, 2.05) is 50.4 Å². The normalized spacial score (nSPS) is 11.1. The van der Waals surface area contributed by atoms with Crippen molar-refractivity contribution >= 4 is 23.1 Å². The lowest BCUT2D eigenvalue weighted by Crippen LogP contribution is -2.27. The van der Waals surface area contributed by atoms with Gasteiger partial charge in [-0.3, -0.25) is 5.32 Å². The first-order valence-electron chi connectivity index (χ1n) is 5.94. The fourth-order valence-electron chi connectivity index (χ4n) is 1.52. The molecule has 0 unspecified atom stereocenters. The maximum absolute atomic E-state index is 11.7. The SMILES string of the molecule is CC(C)(C)OC(=O)Nc1cccc(-c2nccs2)c1. The van der Waals surface area contributed by atoms with Crippen LogP contribution in [0.15, 0.2) is 35.8 Å². The van der Waals surface area contributed by atoms with E-state index in [1.54, 1.807) is 17.5 Å². The summed E-state index contributed by atoms with van der Waals surface area (Å²) in [5.41, 5.74) is 1.17. The van der Waals surface area contributed by atoms with Gasteiger partial charge in [0.25, 0.3) is 0 Å². The predicted octanol–water partition coefficient (Wildman–Crippen LogP) is 4.16. The molecule has 5 heteroatoms. The second kappa shape index (κ2) is 5.40. The van der Waals surface area contributed by atoms with Crippen LogP contribution >= 0.6 is 11.3 Å². The average molecular weight is 276 g/mol. The molecule has 4 nitrogen and oxygen atoms in total. The van der Waals surface area contributed by atoms with E-state index < -0.39 is 11.7 Å². The summed E-state index contributed by atoms with van der Waals surface area (Å²) in [5.74, 6) is 0. The van der Waals surface area contributed by atoms with E-state index in [-0.39, 0.29) is 0 Å². The van der Waals surface area contributed by atoms with Gasteiger partial charge in [0, 0.05) is 22.8 Å². The van der Waals surface area contributed by atoms with Crippen LogP contribution in [-0.2, 0) is 4.74 Å². The van der Waals surface area contributed by atoms with Crippen LogP contribution in [0.2, 0.25) is 0 Å². The van der Waals surface area contributed by atoms with Crippen LogP contribution in [0.25, 0.3) is 10.6 Å². The van der Waals surface area contributed by atoms with Gasteiger partial charge >= 0.3 is 6.09 Å². The van der Waals surface area contributed by atoms with E-state index in [9.17, 15) is 4.79 Å². The zero-order valence-corrected chi connectivity index (χ0v) is 12.0. The van der Waals surface area contributed by atoms with Gasteiger partial charge in [0.2, 0.25) is 0 Å². The zero-order valence-electron chi connectivity index (χ0n) is 11.1. The molecule has 0 atom stereocenters. The number of benzene rings is 1. The third kappa shape index (κ3) is 4.06. The topological polar surface area (TPSA) is 51.2 Å². The molecule has 0 aliphatic rings. The fraction of sp³-hybridized carbons (Fsp3) is 0.286. The van der Waals surface area contributed by atoms with Crippen molar-refractivity contribution < 1.29 is 9.53 Å². The van der Waals surface area contributed by atoms with Crippen molar-refractivity contribution in [3.05, 3.63) is 35.8 Å². The van der Waals surface area contributed by atoms with E-state index in [0.717, 1.165) is 10.6 Å². The highest BCUT2D eigenvalue weighted by Gasteiger charge is 2.16. The second-order valence-electron chi connectivity index (χ2n) is 5.04. The molecule has 1 aromatic carbocycles. The minimum absolute atomic E-state index is 0.455. The highest BCUT2D eigenvalue weighted by Crippen LogP contribution is 2.24. The van der Waals surface area contributed by atoms with Gasteiger partial charge in [0.15, 0.2) is 0 Å². The highest BCUT2D eigenvalue weighted by atomic mass is 32.1. The van der Waals surface area contributed by atoms with Crippen molar-refractivity contribution in [1.82, 2.24) is 4.98 Å². The molecule has 0 spiro atoms. The lowest BCUT2D eigenvalue weighted by molar-refractivity contribution is 0.0636. The fourth-order valence-corrected chi connectivity index (χ4v) is 2.15. The van der Waals surface area contributed by atoms with Crippen LogP contribution < -0.4 is 5.32 Å². The van der Waals surface area contributed by atoms with Crippen molar-refractivity contribution in [2.75, 3.05) is 5.32 Å². The Morgan fingerprint density at radius 1 is 1.37 bits per heavy atom. The molecule has 1 N–H and O–H groups in total. The third-order valence-corrected chi connectivity index (χ3v) is 3.01. The Kier molecular flexibility index (Phi) is 3.85. The van der Waals surface area contributed by atoms with Crippen molar-refractivity contribution in [1.29, 1.82) is 0 Å². The number of carbonyl (C=O) groups excluding carboxylic acids is 1. The molecule has 0 radical (unpaired) electrons. The van der Waals surface area contributed by atoms with E-state index in [2.05, 4.69) is 10.3 Å². The summed E-state index contributed by atoms with van der Waals surface area (Å²) in [7, 11) is 0. The number of hydrogen-bond acceptors (Lipinski definition) is 4. The Hall–Kier alpha value is -1.88. The lowest BCUT2D eigenvalue weighted by atomic mass is 10.2. The summed E-state index contributed by atoms with van der Waals surface area (Å²) >= 11 is 1.56. The van der Waals surface area contributed by atoms with Gasteiger partial charge in [0.05, 0.1) is 0 Å². The Balaban J connectivity index is 2.10. The lowest BCUT2D eigenvalue weighted by Gasteiger charge is -2.19. The third-order valence-electron chi connectivity index (χ3n) is 2.19. The molecule has 0 saturated heterocycles. The second-order valence-corrected chi connectivity index (χ2v) is 5.94. The molecule has 0 fully saturated rings. The van der Waals surface area contributed by atoms with E-state index >= 15 is 0 Å². The molecule has 2 aromatic rings. The molecule has 2 rings (SSSR count). The van der Waals surface area contributed by atoms with Gasteiger partial charge in [-0.05, 0) is 32.9 Å². The summed E-state index contributed by atoms with van der Waals surface area (Å²) in [6.07, 6.45) is 1.30. The predicted molar refractivity (Wildman–Crippen MR) is 77.4 cm³/mol. The van der Waals surface area contributed by atoms with Crippen LogP contribution in [0.1, 0.15) is 20.8 Å². The van der Waals surface area contributed by atoms with E-state index in [0.29, 0.717) is 5.69 Å². The number of hydrogen-bond donors (Lipinski definition) is 1. The number of nitrogens with one attached hydrogen (secondary N) is 1. The molecule has 0 saturated carbocycles. The van der Waals surface area contributed by atoms with Crippen molar-refractivity contribution in [3.8, 4) is 10.6 Å². The first-order valence-corrected chi connectivity index (χ1v) is 6.82. The summed E-state index contributed by atoms with van der Waals surface area (Å²) in [6, 6.07) is 7.53. The van der Waals surface area contributed by atoms with Crippen molar-refractivity contribution in [3.63, 3.8) is 0 Å². The average Bonchev–Trinajstić information content (AvgIpc) is 2.79. The number of rotatable bonds is 2. The highest BCUT2D eigenvalue weighted by molar-refractivity contribution is 7.13. The molecule has 0 bridgehead atoms. The Morgan fingerprint density at radius 2 is 2.16 bits per heavy atom. The van der Waals surface area contributed by atoms with Crippen LogP contribution in [0.5, 0.6) is 0 Å². The molecule has 0 aliphatic heterocycles. The largest absolute Gasteiger partial charge is 0.444 e. The van der Waals surface area contributed by atoms with Crippen LogP contribution in [0.4, 0.5) is 10.5 Å². The molecule has 1 amide bonds. The number of thiazole rings is 1. The minimum atomic E-state index is -0.503. The maximum Gasteiger partial charge on any atom is 0.412 e.